The van der Waals surface area contributed by atoms with Gasteiger partial charge < -0.3 is 30.4 Å². The highest BCUT2D eigenvalue weighted by Crippen LogP contribution is 2.29. The highest BCUT2D eigenvalue weighted by Gasteiger charge is 2.24. The Kier molecular flexibility index (Phi) is 6.63. The summed E-state index contributed by atoms with van der Waals surface area (Å²) < 4.78 is 11.3. The van der Waals surface area contributed by atoms with E-state index in [9.17, 15) is 4.79 Å². The van der Waals surface area contributed by atoms with Gasteiger partial charge in [-0.3, -0.25) is 4.79 Å². The van der Waals surface area contributed by atoms with Crippen LogP contribution in [0.2, 0.25) is 0 Å². The zero-order chi connectivity index (χ0) is 22.6. The summed E-state index contributed by atoms with van der Waals surface area (Å²) in [6, 6.07) is 5.88. The second-order valence-electron chi connectivity index (χ2n) is 8.48. The van der Waals surface area contributed by atoms with Crippen molar-refractivity contribution < 1.29 is 14.3 Å². The Labute approximate surface area is 192 Å². The van der Waals surface area contributed by atoms with Crippen LogP contribution in [0.25, 0.3) is 22.0 Å². The molecule has 174 valence electrons. The molecule has 0 aliphatic carbocycles. The smallest absolute Gasteiger partial charge is 0.251 e. The van der Waals surface area contributed by atoms with Crippen LogP contribution in [0, 0.1) is 0 Å². The molecular weight excluding hydrogens is 420 g/mol. The number of fused-ring (bicyclic) bond motifs is 1. The summed E-state index contributed by atoms with van der Waals surface area (Å²) >= 11 is 0. The molecule has 2 aliphatic heterocycles. The number of hydrogen-bond donors (Lipinski definition) is 4. The Morgan fingerprint density at radius 2 is 2.12 bits per heavy atom. The number of amides is 1. The summed E-state index contributed by atoms with van der Waals surface area (Å²) in [5.41, 5.74) is 3.44. The lowest BCUT2D eigenvalue weighted by Gasteiger charge is -2.31. The maximum atomic E-state index is 12.9. The number of benzene rings is 1. The summed E-state index contributed by atoms with van der Waals surface area (Å²) in [6.45, 7) is 6.45. The number of aromatic nitrogens is 3. The molecule has 4 heterocycles. The van der Waals surface area contributed by atoms with E-state index in [1.165, 1.54) is 0 Å². The second-order valence-corrected chi connectivity index (χ2v) is 8.48. The zero-order valence-electron chi connectivity index (χ0n) is 18.8. The van der Waals surface area contributed by atoms with E-state index in [1.54, 1.807) is 0 Å². The minimum Gasteiger partial charge on any atom is -0.378 e. The standard InChI is InChI=1S/C24H30N6O3/c1-2-19(21-14-32-7-6-26-21)30-24(31)15-3-4-17-18(12-27-20(17)9-15)16-10-28-23(29-11-16)22-13-25-5-8-33-22/h3-4,9-12,19,21-22,25-27H,2,5-8,13-14H2,1H3,(H,30,31). The van der Waals surface area contributed by atoms with Crippen molar-refractivity contribution >= 4 is 16.8 Å². The van der Waals surface area contributed by atoms with Crippen LogP contribution in [-0.4, -0.2) is 72.4 Å². The fraction of sp³-hybridized carbons (Fsp3) is 0.458. The van der Waals surface area contributed by atoms with Crippen molar-refractivity contribution in [2.75, 3.05) is 39.5 Å². The lowest BCUT2D eigenvalue weighted by atomic mass is 10.0. The molecule has 4 N–H and O–H groups in total. The molecule has 3 aromatic rings. The van der Waals surface area contributed by atoms with E-state index in [-0.39, 0.29) is 24.1 Å². The predicted octanol–water partition coefficient (Wildman–Crippen LogP) is 1.78. The van der Waals surface area contributed by atoms with E-state index in [2.05, 4.69) is 37.8 Å². The molecule has 5 rings (SSSR count). The van der Waals surface area contributed by atoms with Crippen molar-refractivity contribution in [3.8, 4) is 11.1 Å². The summed E-state index contributed by atoms with van der Waals surface area (Å²) in [7, 11) is 0. The number of nitrogens with one attached hydrogen (secondary N) is 4. The van der Waals surface area contributed by atoms with E-state index in [0.717, 1.165) is 48.1 Å². The molecular formula is C24H30N6O3. The third-order valence-corrected chi connectivity index (χ3v) is 6.33. The van der Waals surface area contributed by atoms with Gasteiger partial charge in [0.1, 0.15) is 6.10 Å². The van der Waals surface area contributed by atoms with Gasteiger partial charge in [-0.2, -0.15) is 0 Å². The normalized spacial score (nSPS) is 22.2. The number of ether oxygens (including phenoxy) is 2. The number of rotatable bonds is 6. The zero-order valence-corrected chi connectivity index (χ0v) is 18.8. The van der Waals surface area contributed by atoms with Gasteiger partial charge in [0, 0.05) is 71.9 Å². The highest BCUT2D eigenvalue weighted by atomic mass is 16.5. The number of carbonyl (C=O) groups excluding carboxylic acids is 1. The maximum Gasteiger partial charge on any atom is 0.251 e. The first-order valence-corrected chi connectivity index (χ1v) is 11.6. The third-order valence-electron chi connectivity index (χ3n) is 6.33. The van der Waals surface area contributed by atoms with Gasteiger partial charge >= 0.3 is 0 Å². The van der Waals surface area contributed by atoms with Crippen molar-refractivity contribution in [1.29, 1.82) is 0 Å². The molecule has 0 saturated carbocycles. The van der Waals surface area contributed by atoms with Gasteiger partial charge in [-0.05, 0) is 18.6 Å². The topological polar surface area (TPSA) is 113 Å². The van der Waals surface area contributed by atoms with Crippen molar-refractivity contribution in [2.45, 2.75) is 31.5 Å². The predicted molar refractivity (Wildman–Crippen MR) is 125 cm³/mol. The van der Waals surface area contributed by atoms with Gasteiger partial charge in [0.2, 0.25) is 0 Å². The van der Waals surface area contributed by atoms with Crippen LogP contribution in [0.4, 0.5) is 0 Å². The van der Waals surface area contributed by atoms with E-state index in [4.69, 9.17) is 9.47 Å². The van der Waals surface area contributed by atoms with E-state index in [1.807, 2.05) is 36.8 Å². The van der Waals surface area contributed by atoms with Crippen molar-refractivity contribution in [2.24, 2.45) is 0 Å². The average Bonchev–Trinajstić information content (AvgIpc) is 3.31. The van der Waals surface area contributed by atoms with Gasteiger partial charge in [0.15, 0.2) is 5.82 Å². The van der Waals surface area contributed by atoms with Gasteiger partial charge in [-0.25, -0.2) is 9.97 Å². The number of carbonyl (C=O) groups is 1. The molecule has 3 unspecified atom stereocenters. The number of aromatic amines is 1. The lowest BCUT2D eigenvalue weighted by Crippen LogP contribution is -2.55. The van der Waals surface area contributed by atoms with Gasteiger partial charge in [-0.15, -0.1) is 0 Å². The molecule has 2 fully saturated rings. The number of nitrogens with zero attached hydrogens (tertiary/aromatic N) is 2. The quantitative estimate of drug-likeness (QED) is 0.453. The van der Waals surface area contributed by atoms with Crippen LogP contribution in [0.15, 0.2) is 36.8 Å². The van der Waals surface area contributed by atoms with E-state index in [0.29, 0.717) is 31.2 Å². The van der Waals surface area contributed by atoms with Gasteiger partial charge in [0.05, 0.1) is 25.9 Å². The average molecular weight is 451 g/mol. The van der Waals surface area contributed by atoms with Crippen molar-refractivity contribution in [3.63, 3.8) is 0 Å². The van der Waals surface area contributed by atoms with Gasteiger partial charge in [-0.1, -0.05) is 13.0 Å². The highest BCUT2D eigenvalue weighted by molar-refractivity contribution is 6.01. The molecule has 9 nitrogen and oxygen atoms in total. The van der Waals surface area contributed by atoms with Crippen LogP contribution in [-0.2, 0) is 9.47 Å². The molecule has 2 aliphatic rings. The first-order chi connectivity index (χ1) is 16.2. The summed E-state index contributed by atoms with van der Waals surface area (Å²) in [4.78, 5) is 25.3. The lowest BCUT2D eigenvalue weighted by molar-refractivity contribution is 0.0221. The Bertz CT molecular complexity index is 1090. The minimum atomic E-state index is -0.112. The summed E-state index contributed by atoms with van der Waals surface area (Å²) in [6.07, 6.45) is 6.31. The molecule has 9 heteroatoms. The van der Waals surface area contributed by atoms with Crippen LogP contribution < -0.4 is 16.0 Å². The molecule has 2 aromatic heterocycles. The largest absolute Gasteiger partial charge is 0.378 e. The molecule has 0 spiro atoms. The van der Waals surface area contributed by atoms with Crippen LogP contribution in [0.5, 0.6) is 0 Å². The first kappa shape index (κ1) is 22.0. The van der Waals surface area contributed by atoms with E-state index < -0.39 is 0 Å². The van der Waals surface area contributed by atoms with Crippen LogP contribution >= 0.6 is 0 Å². The van der Waals surface area contributed by atoms with Crippen LogP contribution in [0.3, 0.4) is 0 Å². The monoisotopic (exact) mass is 450 g/mol. The molecule has 3 atom stereocenters. The molecule has 0 bridgehead atoms. The molecule has 1 amide bonds. The molecule has 33 heavy (non-hydrogen) atoms. The van der Waals surface area contributed by atoms with Crippen molar-refractivity contribution in [1.82, 2.24) is 30.9 Å². The Morgan fingerprint density at radius 3 is 2.85 bits per heavy atom. The summed E-state index contributed by atoms with van der Waals surface area (Å²) in [5.74, 6) is 0.606. The molecule has 2 saturated heterocycles. The SMILES string of the molecule is CCC(NC(=O)c1ccc2c(-c3cnc(C4CNCCO4)nc3)c[nH]c2c1)C1COCCN1. The number of morpholine rings is 2. The fourth-order valence-corrected chi connectivity index (χ4v) is 4.46. The molecule has 1 aromatic carbocycles. The Balaban J connectivity index is 1.31. The summed E-state index contributed by atoms with van der Waals surface area (Å²) in [5, 5.41) is 10.9. The van der Waals surface area contributed by atoms with Crippen LogP contribution in [0.1, 0.15) is 35.6 Å². The third kappa shape index (κ3) is 4.77. The number of hydrogen-bond acceptors (Lipinski definition) is 7. The van der Waals surface area contributed by atoms with Gasteiger partial charge in [0.25, 0.3) is 5.91 Å². The Morgan fingerprint density at radius 1 is 1.24 bits per heavy atom. The molecule has 0 radical (unpaired) electrons. The van der Waals surface area contributed by atoms with Crippen molar-refractivity contribution in [3.05, 3.63) is 48.2 Å². The minimum absolute atomic E-state index is 0.0201. The second kappa shape index (κ2) is 9.96. The fourth-order valence-electron chi connectivity index (χ4n) is 4.46. The number of H-pyrrole nitrogens is 1. The van der Waals surface area contributed by atoms with E-state index >= 15 is 0 Å². The first-order valence-electron chi connectivity index (χ1n) is 11.6. The maximum absolute atomic E-state index is 12.9. The Hall–Kier alpha value is -2.85.